The second-order valence-corrected chi connectivity index (χ2v) is 12.0. The number of urea groups is 1. The lowest BCUT2D eigenvalue weighted by Gasteiger charge is -2.30. The molecule has 38 heavy (non-hydrogen) atoms. The first-order chi connectivity index (χ1) is 18.0. The van der Waals surface area contributed by atoms with Gasteiger partial charge in [-0.1, -0.05) is 76.9 Å². The molecule has 0 atom stereocenters. The van der Waals surface area contributed by atoms with Crippen molar-refractivity contribution in [2.24, 2.45) is 0 Å². The number of hydrogen-bond acceptors (Lipinski definition) is 6. The zero-order valence-electron chi connectivity index (χ0n) is 22.9. The molecule has 0 saturated carbocycles. The molecular formula is C28H37Cl2N5O2S. The molecule has 0 spiro atoms. The zero-order valence-corrected chi connectivity index (χ0v) is 25.2. The Balaban J connectivity index is 1.47. The minimum atomic E-state index is -0.370. The molecule has 0 aliphatic carbocycles. The van der Waals surface area contributed by atoms with E-state index in [0.29, 0.717) is 46.1 Å². The molecule has 0 saturated heterocycles. The summed E-state index contributed by atoms with van der Waals surface area (Å²) >= 11 is 13.3. The zero-order chi connectivity index (χ0) is 27.9. The number of nitrogens with zero attached hydrogens (tertiary/aromatic N) is 2. The molecule has 2 aromatic carbocycles. The van der Waals surface area contributed by atoms with E-state index in [1.54, 1.807) is 18.2 Å². The van der Waals surface area contributed by atoms with Gasteiger partial charge < -0.3 is 10.1 Å². The van der Waals surface area contributed by atoms with E-state index in [4.69, 9.17) is 27.9 Å². The van der Waals surface area contributed by atoms with Crippen LogP contribution in [0, 0.1) is 0 Å². The van der Waals surface area contributed by atoms with E-state index in [1.807, 2.05) is 0 Å². The predicted octanol–water partition coefficient (Wildman–Crippen LogP) is 7.98. The Bertz CT molecular complexity index is 1250. The highest BCUT2D eigenvalue weighted by Crippen LogP contribution is 2.38. The van der Waals surface area contributed by atoms with Gasteiger partial charge in [-0.3, -0.25) is 5.43 Å². The number of aromatic nitrogens is 2. The van der Waals surface area contributed by atoms with Gasteiger partial charge in [0.25, 0.3) is 0 Å². The largest absolute Gasteiger partial charge is 0.493 e. The van der Waals surface area contributed by atoms with Crippen LogP contribution in [0.5, 0.6) is 5.75 Å². The molecule has 206 valence electrons. The fourth-order valence-corrected chi connectivity index (χ4v) is 4.69. The second kappa shape index (κ2) is 13.0. The molecule has 3 N–H and O–H groups in total. The van der Waals surface area contributed by atoms with Gasteiger partial charge in [0.15, 0.2) is 5.82 Å². The monoisotopic (exact) mass is 577 g/mol. The second-order valence-electron chi connectivity index (χ2n) is 10.4. The Morgan fingerprint density at radius 3 is 2.45 bits per heavy atom. The van der Waals surface area contributed by atoms with Gasteiger partial charge in [0.1, 0.15) is 5.75 Å². The molecule has 0 fully saturated rings. The Morgan fingerprint density at radius 2 is 1.76 bits per heavy atom. The molecule has 3 rings (SSSR count). The highest BCUT2D eigenvalue weighted by atomic mass is 35.5. The summed E-state index contributed by atoms with van der Waals surface area (Å²) in [5.74, 6) is 1.36. The first-order valence-electron chi connectivity index (χ1n) is 12.8. The summed E-state index contributed by atoms with van der Waals surface area (Å²) in [6.07, 6.45) is 2.75. The average molecular weight is 579 g/mol. The number of rotatable bonds is 12. The van der Waals surface area contributed by atoms with Crippen molar-refractivity contribution in [1.29, 1.82) is 0 Å². The maximum absolute atomic E-state index is 12.2. The quantitative estimate of drug-likeness (QED) is 0.150. The number of hydrogen-bond donors (Lipinski definition) is 3. The maximum Gasteiger partial charge on any atom is 0.333 e. The molecule has 1 aromatic heterocycles. The molecular weight excluding hydrogens is 541 g/mol. The molecule has 0 unspecified atom stereocenters. The third-order valence-corrected chi connectivity index (χ3v) is 8.18. The summed E-state index contributed by atoms with van der Waals surface area (Å²) in [6.45, 7) is 14.4. The molecule has 0 aliphatic rings. The van der Waals surface area contributed by atoms with Crippen molar-refractivity contribution in [2.75, 3.05) is 18.6 Å². The molecule has 0 radical (unpaired) electrons. The van der Waals surface area contributed by atoms with Gasteiger partial charge in [0, 0.05) is 34.2 Å². The Hall–Kier alpha value is -2.55. The standard InChI is InChI=1S/C28H37Cl2N5O2S/c1-7-27(3,4)18-10-13-23(21(16-18)28(5,6)8-2)37-15-9-14-31-25(36)33-34-26-32-24(35-38-26)20-12-11-19(29)17-22(20)30/h10-13,16-17H,7-9,14-15H2,1-6H3,(H2,31,33,36)(H,32,34,35). The van der Waals surface area contributed by atoms with E-state index >= 15 is 0 Å². The van der Waals surface area contributed by atoms with Crippen LogP contribution in [-0.4, -0.2) is 28.5 Å². The van der Waals surface area contributed by atoms with Crippen molar-refractivity contribution >= 4 is 45.9 Å². The number of nitrogens with one attached hydrogen (secondary N) is 3. The number of carbonyl (C=O) groups excluding carboxylic acids is 1. The third kappa shape index (κ3) is 7.74. The Morgan fingerprint density at radius 1 is 1.03 bits per heavy atom. The van der Waals surface area contributed by atoms with Crippen molar-refractivity contribution in [2.45, 2.75) is 71.6 Å². The van der Waals surface area contributed by atoms with E-state index in [2.05, 4.69) is 85.3 Å². The Labute approximate surface area is 239 Å². The molecule has 0 aliphatic heterocycles. The van der Waals surface area contributed by atoms with Gasteiger partial charge >= 0.3 is 6.03 Å². The Kier molecular flexibility index (Phi) is 10.3. The lowest BCUT2D eigenvalue weighted by molar-refractivity contribution is 0.240. The van der Waals surface area contributed by atoms with E-state index < -0.39 is 0 Å². The number of carbonyl (C=O) groups is 1. The van der Waals surface area contributed by atoms with Crippen LogP contribution < -0.4 is 20.9 Å². The SMILES string of the molecule is CCC(C)(C)c1ccc(OCCCNC(=O)NNc2nc(-c3ccc(Cl)cc3Cl)ns2)c(C(C)(C)CC)c1. The normalized spacial score (nSPS) is 11.8. The van der Waals surface area contributed by atoms with E-state index in [0.717, 1.165) is 30.1 Å². The number of halogens is 2. The minimum absolute atomic E-state index is 0.00239. The maximum atomic E-state index is 12.2. The van der Waals surface area contributed by atoms with Crippen molar-refractivity contribution in [3.63, 3.8) is 0 Å². The van der Waals surface area contributed by atoms with Crippen molar-refractivity contribution < 1.29 is 9.53 Å². The summed E-state index contributed by atoms with van der Waals surface area (Å²) in [5.41, 5.74) is 8.67. The van der Waals surface area contributed by atoms with Crippen LogP contribution in [0.1, 0.15) is 71.9 Å². The number of ether oxygens (including phenoxy) is 1. The molecule has 2 amide bonds. The van der Waals surface area contributed by atoms with Crippen LogP contribution in [0.15, 0.2) is 36.4 Å². The van der Waals surface area contributed by atoms with Gasteiger partial charge in [-0.05, 0) is 59.9 Å². The van der Waals surface area contributed by atoms with Crippen LogP contribution in [0.25, 0.3) is 11.4 Å². The highest BCUT2D eigenvalue weighted by Gasteiger charge is 2.26. The number of hydrazine groups is 1. The predicted molar refractivity (Wildman–Crippen MR) is 159 cm³/mol. The van der Waals surface area contributed by atoms with Crippen LogP contribution in [0.2, 0.25) is 10.0 Å². The third-order valence-electron chi connectivity index (χ3n) is 7.00. The lowest BCUT2D eigenvalue weighted by atomic mass is 9.76. The average Bonchev–Trinajstić information content (AvgIpc) is 3.36. The van der Waals surface area contributed by atoms with Gasteiger partial charge in [-0.15, -0.1) is 0 Å². The van der Waals surface area contributed by atoms with Crippen LogP contribution in [0.3, 0.4) is 0 Å². The van der Waals surface area contributed by atoms with Crippen molar-refractivity contribution in [1.82, 2.24) is 20.1 Å². The van der Waals surface area contributed by atoms with Crippen LogP contribution in [0.4, 0.5) is 9.93 Å². The smallest absolute Gasteiger partial charge is 0.333 e. The molecule has 0 bridgehead atoms. The highest BCUT2D eigenvalue weighted by molar-refractivity contribution is 7.09. The molecule has 1 heterocycles. The number of amides is 2. The fraction of sp³-hybridized carbons (Fsp3) is 0.464. The van der Waals surface area contributed by atoms with E-state index in [9.17, 15) is 4.79 Å². The number of benzene rings is 2. The molecule has 10 heteroatoms. The lowest BCUT2D eigenvalue weighted by Crippen LogP contribution is -2.39. The van der Waals surface area contributed by atoms with Crippen LogP contribution in [-0.2, 0) is 10.8 Å². The summed E-state index contributed by atoms with van der Waals surface area (Å²) in [7, 11) is 0. The van der Waals surface area contributed by atoms with E-state index in [-0.39, 0.29) is 16.9 Å². The van der Waals surface area contributed by atoms with Crippen molar-refractivity contribution in [3.8, 4) is 17.1 Å². The van der Waals surface area contributed by atoms with E-state index in [1.165, 1.54) is 11.1 Å². The topological polar surface area (TPSA) is 88.2 Å². The summed E-state index contributed by atoms with van der Waals surface area (Å²) in [6, 6.07) is 11.3. The van der Waals surface area contributed by atoms with Gasteiger partial charge in [0.05, 0.1) is 11.6 Å². The minimum Gasteiger partial charge on any atom is -0.493 e. The van der Waals surface area contributed by atoms with Crippen molar-refractivity contribution in [3.05, 3.63) is 57.6 Å². The molecule has 7 nitrogen and oxygen atoms in total. The van der Waals surface area contributed by atoms with Gasteiger partial charge in [-0.25, -0.2) is 10.2 Å². The summed E-state index contributed by atoms with van der Waals surface area (Å²) in [4.78, 5) is 16.6. The molecule has 3 aromatic rings. The van der Waals surface area contributed by atoms with Gasteiger partial charge in [-0.2, -0.15) is 9.36 Å². The first kappa shape index (κ1) is 30.0. The number of anilines is 1. The summed E-state index contributed by atoms with van der Waals surface area (Å²) < 4.78 is 10.5. The van der Waals surface area contributed by atoms with Crippen LogP contribution >= 0.6 is 34.7 Å². The van der Waals surface area contributed by atoms with Gasteiger partial charge in [0.2, 0.25) is 5.13 Å². The summed E-state index contributed by atoms with van der Waals surface area (Å²) in [5, 5.41) is 4.25. The first-order valence-corrected chi connectivity index (χ1v) is 14.4. The fourth-order valence-electron chi connectivity index (χ4n) is 3.67.